The number of aromatic nitrogens is 4. The first-order valence-electron chi connectivity index (χ1n) is 9.27. The molecule has 5 heteroatoms. The van der Waals surface area contributed by atoms with Crippen LogP contribution < -0.4 is 0 Å². The number of hydrogen-bond donors (Lipinski definition) is 0. The second kappa shape index (κ2) is 7.00. The molecule has 0 aliphatic carbocycles. The van der Waals surface area contributed by atoms with Crippen molar-refractivity contribution in [2.45, 2.75) is 45.8 Å². The van der Waals surface area contributed by atoms with E-state index in [9.17, 15) is 0 Å². The number of hydrogen-bond acceptors (Lipinski definition) is 4. The smallest absolute Gasteiger partial charge is 0.173 e. The molecule has 0 saturated heterocycles. The zero-order valence-electron chi connectivity index (χ0n) is 15.6. The van der Waals surface area contributed by atoms with Crippen LogP contribution in [0.4, 0.5) is 0 Å². The molecule has 0 amide bonds. The van der Waals surface area contributed by atoms with Crippen molar-refractivity contribution in [3.8, 4) is 0 Å². The molecule has 0 bridgehead atoms. The molecule has 0 fully saturated rings. The van der Waals surface area contributed by atoms with Crippen LogP contribution in [0.1, 0.15) is 53.9 Å². The van der Waals surface area contributed by atoms with E-state index in [4.69, 9.17) is 0 Å². The Morgan fingerprint density at radius 2 is 1.88 bits per heavy atom. The fourth-order valence-corrected chi connectivity index (χ4v) is 3.72. The van der Waals surface area contributed by atoms with Crippen molar-refractivity contribution in [3.63, 3.8) is 0 Å². The molecule has 1 atom stereocenters. The minimum absolute atomic E-state index is 0.0838. The van der Waals surface area contributed by atoms with Gasteiger partial charge in [-0.15, -0.1) is 5.10 Å². The quantitative estimate of drug-likeness (QED) is 0.722. The topological polar surface area (TPSA) is 46.8 Å². The third-order valence-corrected chi connectivity index (χ3v) is 5.16. The molecule has 4 rings (SSSR count). The van der Waals surface area contributed by atoms with Crippen molar-refractivity contribution in [1.82, 2.24) is 25.1 Å². The van der Waals surface area contributed by atoms with E-state index in [1.165, 1.54) is 22.3 Å². The number of benzene rings is 2. The monoisotopic (exact) mass is 347 g/mol. The van der Waals surface area contributed by atoms with Gasteiger partial charge in [0.15, 0.2) is 5.82 Å². The Bertz CT molecular complexity index is 881. The first-order valence-corrected chi connectivity index (χ1v) is 9.27. The molecule has 2 heterocycles. The van der Waals surface area contributed by atoms with E-state index in [0.717, 1.165) is 25.5 Å². The van der Waals surface area contributed by atoms with Crippen molar-refractivity contribution < 1.29 is 0 Å². The summed E-state index contributed by atoms with van der Waals surface area (Å²) in [5.41, 5.74) is 5.23. The maximum atomic E-state index is 4.34. The summed E-state index contributed by atoms with van der Waals surface area (Å²) in [6.07, 6.45) is 0. The van der Waals surface area contributed by atoms with E-state index in [1.807, 2.05) is 4.68 Å². The van der Waals surface area contributed by atoms with E-state index in [1.54, 1.807) is 0 Å². The standard InChI is InChI=1S/C21H25N5/c1-15(2)18-7-9-19(10-8-18)20-21-22-23-24-26(21)12-11-25(20)14-17-6-4-5-16(3)13-17/h4-10,13,15,20H,11-12,14H2,1-3H3. The van der Waals surface area contributed by atoms with E-state index >= 15 is 0 Å². The van der Waals surface area contributed by atoms with Gasteiger partial charge in [0.25, 0.3) is 0 Å². The third kappa shape index (κ3) is 3.27. The number of tetrazole rings is 1. The lowest BCUT2D eigenvalue weighted by Crippen LogP contribution is -2.39. The highest BCUT2D eigenvalue weighted by Gasteiger charge is 2.31. The summed E-state index contributed by atoms with van der Waals surface area (Å²) >= 11 is 0. The van der Waals surface area contributed by atoms with Crippen LogP contribution in [0, 0.1) is 6.92 Å². The highest BCUT2D eigenvalue weighted by atomic mass is 15.6. The molecule has 0 saturated carbocycles. The fourth-order valence-electron chi connectivity index (χ4n) is 3.72. The Morgan fingerprint density at radius 3 is 2.62 bits per heavy atom. The van der Waals surface area contributed by atoms with Gasteiger partial charge in [0.05, 0.1) is 12.6 Å². The van der Waals surface area contributed by atoms with Crippen LogP contribution in [0.15, 0.2) is 48.5 Å². The molecule has 3 aromatic rings. The zero-order chi connectivity index (χ0) is 18.1. The normalized spacial score (nSPS) is 17.5. The number of aryl methyl sites for hydroxylation is 1. The van der Waals surface area contributed by atoms with Gasteiger partial charge in [-0.05, 0) is 40.0 Å². The van der Waals surface area contributed by atoms with Crippen LogP contribution in [-0.4, -0.2) is 31.7 Å². The first kappa shape index (κ1) is 16.9. The lowest BCUT2D eigenvalue weighted by molar-refractivity contribution is 0.164. The molecular formula is C21H25N5. The van der Waals surface area contributed by atoms with Crippen LogP contribution in [-0.2, 0) is 13.1 Å². The van der Waals surface area contributed by atoms with Crippen LogP contribution in [0.5, 0.6) is 0 Å². The molecule has 1 aliphatic rings. The summed E-state index contributed by atoms with van der Waals surface area (Å²) in [5, 5.41) is 12.4. The predicted molar refractivity (Wildman–Crippen MR) is 102 cm³/mol. The van der Waals surface area contributed by atoms with Crippen molar-refractivity contribution in [2.75, 3.05) is 6.54 Å². The van der Waals surface area contributed by atoms with Crippen LogP contribution in [0.25, 0.3) is 0 Å². The van der Waals surface area contributed by atoms with Crippen molar-refractivity contribution in [3.05, 3.63) is 76.6 Å². The second-order valence-electron chi connectivity index (χ2n) is 7.44. The maximum Gasteiger partial charge on any atom is 0.173 e. The van der Waals surface area contributed by atoms with Gasteiger partial charge >= 0.3 is 0 Å². The Labute approximate surface area is 154 Å². The summed E-state index contributed by atoms with van der Waals surface area (Å²) in [4.78, 5) is 2.48. The molecule has 1 aromatic heterocycles. The van der Waals surface area contributed by atoms with Gasteiger partial charge < -0.3 is 0 Å². The van der Waals surface area contributed by atoms with Crippen molar-refractivity contribution >= 4 is 0 Å². The van der Waals surface area contributed by atoms with E-state index in [2.05, 4.69) is 89.7 Å². The molecule has 1 aliphatic heterocycles. The van der Waals surface area contributed by atoms with E-state index in [0.29, 0.717) is 5.92 Å². The van der Waals surface area contributed by atoms with E-state index in [-0.39, 0.29) is 6.04 Å². The molecule has 134 valence electrons. The minimum Gasteiger partial charge on any atom is -0.284 e. The Hall–Kier alpha value is -2.53. The molecular weight excluding hydrogens is 322 g/mol. The average Bonchev–Trinajstić information content (AvgIpc) is 3.10. The SMILES string of the molecule is Cc1cccc(CN2CCn3nnnc3C2c2ccc(C(C)C)cc2)c1. The molecule has 0 N–H and O–H groups in total. The third-order valence-electron chi connectivity index (χ3n) is 5.16. The first-order chi connectivity index (χ1) is 12.6. The van der Waals surface area contributed by atoms with Gasteiger partial charge in [-0.1, -0.05) is 67.9 Å². The highest BCUT2D eigenvalue weighted by Crippen LogP contribution is 2.32. The molecule has 2 aromatic carbocycles. The van der Waals surface area contributed by atoms with E-state index < -0.39 is 0 Å². The lowest BCUT2D eigenvalue weighted by Gasteiger charge is -2.35. The Morgan fingerprint density at radius 1 is 1.08 bits per heavy atom. The van der Waals surface area contributed by atoms with Gasteiger partial charge in [-0.25, -0.2) is 4.68 Å². The molecule has 26 heavy (non-hydrogen) atoms. The van der Waals surface area contributed by atoms with Crippen LogP contribution in [0.2, 0.25) is 0 Å². The summed E-state index contributed by atoms with van der Waals surface area (Å²) in [6.45, 7) is 9.24. The lowest BCUT2D eigenvalue weighted by atomic mass is 9.97. The predicted octanol–water partition coefficient (Wildman–Crippen LogP) is 3.71. The summed E-state index contributed by atoms with van der Waals surface area (Å²) in [5.74, 6) is 1.46. The van der Waals surface area contributed by atoms with Gasteiger partial charge in [0.1, 0.15) is 0 Å². The van der Waals surface area contributed by atoms with Crippen molar-refractivity contribution in [2.24, 2.45) is 0 Å². The largest absolute Gasteiger partial charge is 0.284 e. The minimum atomic E-state index is 0.0838. The van der Waals surface area contributed by atoms with Crippen molar-refractivity contribution in [1.29, 1.82) is 0 Å². The highest BCUT2D eigenvalue weighted by molar-refractivity contribution is 5.31. The zero-order valence-corrected chi connectivity index (χ0v) is 15.6. The molecule has 0 radical (unpaired) electrons. The summed E-state index contributed by atoms with van der Waals surface area (Å²) < 4.78 is 1.94. The Kier molecular flexibility index (Phi) is 4.55. The van der Waals surface area contributed by atoms with Gasteiger partial charge in [-0.2, -0.15) is 0 Å². The maximum absolute atomic E-state index is 4.34. The number of rotatable bonds is 4. The average molecular weight is 347 g/mol. The molecule has 5 nitrogen and oxygen atoms in total. The summed E-state index contributed by atoms with van der Waals surface area (Å²) in [6, 6.07) is 17.7. The van der Waals surface area contributed by atoms with Crippen LogP contribution in [0.3, 0.4) is 0 Å². The van der Waals surface area contributed by atoms with Gasteiger partial charge in [0, 0.05) is 13.1 Å². The Balaban J connectivity index is 1.69. The number of fused-ring (bicyclic) bond motifs is 1. The fraction of sp³-hybridized carbons (Fsp3) is 0.381. The molecule has 1 unspecified atom stereocenters. The van der Waals surface area contributed by atoms with Crippen LogP contribution >= 0.6 is 0 Å². The van der Waals surface area contributed by atoms with Gasteiger partial charge in [-0.3, -0.25) is 4.90 Å². The number of nitrogens with zero attached hydrogens (tertiary/aromatic N) is 5. The molecule has 0 spiro atoms. The second-order valence-corrected chi connectivity index (χ2v) is 7.44. The van der Waals surface area contributed by atoms with Gasteiger partial charge in [0.2, 0.25) is 0 Å². The summed E-state index contributed by atoms with van der Waals surface area (Å²) in [7, 11) is 0.